The molecule has 1 aliphatic rings. The number of rotatable bonds is 3. The molecule has 1 aromatic heterocycles. The summed E-state index contributed by atoms with van der Waals surface area (Å²) in [5.74, 6) is 4.85. The third-order valence-corrected chi connectivity index (χ3v) is 5.07. The first-order chi connectivity index (χ1) is 7.31. The fourth-order valence-corrected chi connectivity index (χ4v) is 3.93. The van der Waals surface area contributed by atoms with Gasteiger partial charge >= 0.3 is 0 Å². The molecular weight excluding hydrogens is 230 g/mol. The Balaban J connectivity index is 2.05. The van der Waals surface area contributed by atoms with Crippen molar-refractivity contribution >= 4 is 23.5 Å². The number of thioether (sulfide) groups is 2. The Kier molecular flexibility index (Phi) is 3.93. The van der Waals surface area contributed by atoms with Gasteiger partial charge in [0, 0.05) is 17.3 Å². The Morgan fingerprint density at radius 3 is 3.13 bits per heavy atom. The normalized spacial score (nSPS) is 24.0. The van der Waals surface area contributed by atoms with Gasteiger partial charge in [-0.3, -0.25) is 0 Å². The van der Waals surface area contributed by atoms with Crippen molar-refractivity contribution in [2.75, 3.05) is 17.3 Å². The highest BCUT2D eigenvalue weighted by molar-refractivity contribution is 8.06. The molecule has 0 amide bonds. The van der Waals surface area contributed by atoms with E-state index in [2.05, 4.69) is 10.1 Å². The van der Waals surface area contributed by atoms with Crippen LogP contribution in [0.25, 0.3) is 0 Å². The molecule has 0 saturated carbocycles. The van der Waals surface area contributed by atoms with Crippen molar-refractivity contribution < 1.29 is 4.52 Å². The van der Waals surface area contributed by atoms with Gasteiger partial charge in [-0.15, -0.1) is 11.8 Å². The largest absolute Gasteiger partial charge is 0.338 e. The zero-order valence-electron chi connectivity index (χ0n) is 8.68. The van der Waals surface area contributed by atoms with E-state index in [1.165, 1.54) is 11.5 Å². The van der Waals surface area contributed by atoms with Crippen molar-refractivity contribution in [1.82, 2.24) is 10.1 Å². The molecule has 1 unspecified atom stereocenters. The van der Waals surface area contributed by atoms with Gasteiger partial charge in [0.25, 0.3) is 0 Å². The smallest absolute Gasteiger partial charge is 0.243 e. The van der Waals surface area contributed by atoms with E-state index in [9.17, 15) is 0 Å². The summed E-state index contributed by atoms with van der Waals surface area (Å²) in [7, 11) is 0. The number of hydrogen-bond acceptors (Lipinski definition) is 6. The molecule has 84 valence electrons. The molecule has 2 rings (SSSR count). The summed E-state index contributed by atoms with van der Waals surface area (Å²) in [6, 6.07) is -0.118. The molecule has 1 aromatic rings. The van der Waals surface area contributed by atoms with Crippen LogP contribution < -0.4 is 5.73 Å². The van der Waals surface area contributed by atoms with Crippen LogP contribution in [0.4, 0.5) is 0 Å². The Labute approximate surface area is 97.8 Å². The van der Waals surface area contributed by atoms with E-state index in [4.69, 9.17) is 10.3 Å². The number of nitrogens with zero attached hydrogens (tertiary/aromatic N) is 2. The SMILES string of the molecule is CC[C@@H](N)c1nc(C2CSCCS2)no1. The number of aromatic nitrogens is 2. The van der Waals surface area contributed by atoms with E-state index in [1.54, 1.807) is 0 Å². The highest BCUT2D eigenvalue weighted by Gasteiger charge is 2.23. The summed E-state index contributed by atoms with van der Waals surface area (Å²) in [5, 5.41) is 4.39. The second-order valence-electron chi connectivity index (χ2n) is 3.44. The van der Waals surface area contributed by atoms with Gasteiger partial charge in [0.15, 0.2) is 5.82 Å². The minimum atomic E-state index is -0.118. The molecule has 0 aliphatic carbocycles. The fraction of sp³-hybridized carbons (Fsp3) is 0.778. The van der Waals surface area contributed by atoms with Gasteiger partial charge in [-0.05, 0) is 6.42 Å². The van der Waals surface area contributed by atoms with Crippen molar-refractivity contribution in [3.63, 3.8) is 0 Å². The lowest BCUT2D eigenvalue weighted by Crippen LogP contribution is -2.10. The summed E-state index contributed by atoms with van der Waals surface area (Å²) in [6.45, 7) is 2.01. The lowest BCUT2D eigenvalue weighted by molar-refractivity contribution is 0.348. The second kappa shape index (κ2) is 5.23. The average Bonchev–Trinajstić information content (AvgIpc) is 2.78. The van der Waals surface area contributed by atoms with Crippen LogP contribution in [-0.4, -0.2) is 27.4 Å². The maximum atomic E-state index is 5.83. The monoisotopic (exact) mass is 245 g/mol. The summed E-state index contributed by atoms with van der Waals surface area (Å²) < 4.78 is 5.16. The average molecular weight is 245 g/mol. The minimum absolute atomic E-state index is 0.118. The van der Waals surface area contributed by atoms with Crippen molar-refractivity contribution in [3.05, 3.63) is 11.7 Å². The van der Waals surface area contributed by atoms with Crippen LogP contribution >= 0.6 is 23.5 Å². The maximum Gasteiger partial charge on any atom is 0.243 e. The Bertz CT molecular complexity index is 312. The van der Waals surface area contributed by atoms with Crippen LogP contribution in [0.5, 0.6) is 0 Å². The van der Waals surface area contributed by atoms with Gasteiger partial charge < -0.3 is 10.3 Å². The van der Waals surface area contributed by atoms with Crippen LogP contribution in [0.3, 0.4) is 0 Å². The second-order valence-corrected chi connectivity index (χ2v) is 5.90. The van der Waals surface area contributed by atoms with Crippen LogP contribution in [0.15, 0.2) is 4.52 Å². The van der Waals surface area contributed by atoms with Crippen molar-refractivity contribution in [2.45, 2.75) is 24.6 Å². The van der Waals surface area contributed by atoms with Crippen molar-refractivity contribution in [1.29, 1.82) is 0 Å². The number of nitrogens with two attached hydrogens (primary N) is 1. The third kappa shape index (κ3) is 2.68. The first-order valence-electron chi connectivity index (χ1n) is 5.09. The van der Waals surface area contributed by atoms with Crippen molar-refractivity contribution in [2.24, 2.45) is 5.73 Å². The van der Waals surface area contributed by atoms with E-state index >= 15 is 0 Å². The molecule has 6 heteroatoms. The predicted octanol–water partition coefficient (Wildman–Crippen LogP) is 2.00. The molecule has 15 heavy (non-hydrogen) atoms. The van der Waals surface area contributed by atoms with Crippen molar-refractivity contribution in [3.8, 4) is 0 Å². The molecule has 0 bridgehead atoms. The summed E-state index contributed by atoms with van der Waals surface area (Å²) in [4.78, 5) is 4.37. The quantitative estimate of drug-likeness (QED) is 0.878. The van der Waals surface area contributed by atoms with Gasteiger partial charge in [0.05, 0.1) is 11.3 Å². The first-order valence-corrected chi connectivity index (χ1v) is 7.30. The molecule has 2 atom stereocenters. The van der Waals surface area contributed by atoms with Crippen LogP contribution in [0, 0.1) is 0 Å². The third-order valence-electron chi connectivity index (χ3n) is 2.32. The van der Waals surface area contributed by atoms with E-state index in [0.29, 0.717) is 11.1 Å². The molecule has 4 nitrogen and oxygen atoms in total. The molecule has 1 saturated heterocycles. The number of hydrogen-bond donors (Lipinski definition) is 1. The van der Waals surface area contributed by atoms with Crippen LogP contribution in [-0.2, 0) is 0 Å². The minimum Gasteiger partial charge on any atom is -0.338 e. The summed E-state index contributed by atoms with van der Waals surface area (Å²) in [6.07, 6.45) is 0.828. The molecule has 1 aliphatic heterocycles. The van der Waals surface area contributed by atoms with Gasteiger partial charge in [0.1, 0.15) is 0 Å². The van der Waals surface area contributed by atoms with E-state index < -0.39 is 0 Å². The van der Waals surface area contributed by atoms with Crippen LogP contribution in [0.1, 0.15) is 36.4 Å². The van der Waals surface area contributed by atoms with Gasteiger partial charge in [-0.1, -0.05) is 12.1 Å². The standard InChI is InChI=1S/C9H15N3OS2/c1-2-6(10)9-11-8(12-13-9)7-5-14-3-4-15-7/h6-7H,2-5,10H2,1H3/t6-,7?/m1/s1. The molecule has 2 heterocycles. The molecule has 0 spiro atoms. The van der Waals surface area contributed by atoms with E-state index in [0.717, 1.165) is 18.0 Å². The summed E-state index contributed by atoms with van der Waals surface area (Å²) >= 11 is 3.85. The molecule has 0 radical (unpaired) electrons. The predicted molar refractivity (Wildman–Crippen MR) is 64.0 cm³/mol. The maximum absolute atomic E-state index is 5.83. The highest BCUT2D eigenvalue weighted by atomic mass is 32.2. The van der Waals surface area contributed by atoms with E-state index in [1.807, 2.05) is 30.4 Å². The highest BCUT2D eigenvalue weighted by Crippen LogP contribution is 2.35. The van der Waals surface area contributed by atoms with Gasteiger partial charge in [-0.25, -0.2) is 0 Å². The molecular formula is C9H15N3OS2. The Hall–Kier alpha value is -0.200. The zero-order chi connectivity index (χ0) is 10.7. The topological polar surface area (TPSA) is 64.9 Å². The molecule has 2 N–H and O–H groups in total. The molecule has 0 aromatic carbocycles. The molecule has 1 fully saturated rings. The van der Waals surface area contributed by atoms with E-state index in [-0.39, 0.29) is 6.04 Å². The Morgan fingerprint density at radius 1 is 1.60 bits per heavy atom. The zero-order valence-corrected chi connectivity index (χ0v) is 10.3. The van der Waals surface area contributed by atoms with Gasteiger partial charge in [0.2, 0.25) is 5.89 Å². The fourth-order valence-electron chi connectivity index (χ4n) is 1.34. The van der Waals surface area contributed by atoms with Crippen LogP contribution in [0.2, 0.25) is 0 Å². The summed E-state index contributed by atoms with van der Waals surface area (Å²) in [5.41, 5.74) is 5.83. The lowest BCUT2D eigenvalue weighted by Gasteiger charge is -2.17. The first kappa shape index (κ1) is 11.3. The van der Waals surface area contributed by atoms with Gasteiger partial charge in [-0.2, -0.15) is 16.7 Å². The Morgan fingerprint density at radius 2 is 2.47 bits per heavy atom. The lowest BCUT2D eigenvalue weighted by atomic mass is 10.2.